The van der Waals surface area contributed by atoms with Crippen molar-refractivity contribution in [3.05, 3.63) is 96.1 Å². The molecule has 0 spiro atoms. The first-order valence-electron chi connectivity index (χ1n) is 12.0. The maximum Gasteiger partial charge on any atom is 0.255 e. The molecular weight excluding hydrogens is 450 g/mol. The smallest absolute Gasteiger partial charge is 0.255 e. The minimum Gasteiger partial charge on any atom is -0.493 e. The number of nitrogens with one attached hydrogen (secondary N) is 1. The van der Waals surface area contributed by atoms with E-state index >= 15 is 0 Å². The first-order chi connectivity index (χ1) is 17.4. The number of rotatable bonds is 7. The molecule has 0 aliphatic carbocycles. The number of anilines is 1. The van der Waals surface area contributed by atoms with Crippen LogP contribution in [-0.4, -0.2) is 31.7 Å². The van der Waals surface area contributed by atoms with Crippen LogP contribution in [0.2, 0.25) is 0 Å². The number of carbonyl (C=O) groups excluding carboxylic acids is 1. The molecule has 1 amide bonds. The summed E-state index contributed by atoms with van der Waals surface area (Å²) >= 11 is 0. The van der Waals surface area contributed by atoms with Crippen molar-refractivity contribution in [3.63, 3.8) is 0 Å². The van der Waals surface area contributed by atoms with Gasteiger partial charge in [0.15, 0.2) is 5.65 Å². The van der Waals surface area contributed by atoms with Gasteiger partial charge in [0, 0.05) is 41.5 Å². The van der Waals surface area contributed by atoms with Crippen molar-refractivity contribution in [2.45, 2.75) is 27.7 Å². The van der Waals surface area contributed by atoms with Crippen LogP contribution in [0, 0.1) is 19.8 Å². The van der Waals surface area contributed by atoms with E-state index in [0.29, 0.717) is 23.8 Å². The van der Waals surface area contributed by atoms with Crippen LogP contribution in [0.25, 0.3) is 22.6 Å². The minimum atomic E-state index is -0.181. The number of fused-ring (bicyclic) bond motifs is 1. The Labute approximate surface area is 210 Å². The zero-order chi connectivity index (χ0) is 25.2. The number of hydrogen-bond acceptors (Lipinski definition) is 4. The fraction of sp³-hybridized carbons (Fsp3) is 0.207. The van der Waals surface area contributed by atoms with Gasteiger partial charge in [-0.15, -0.1) is 0 Å². The third kappa shape index (κ3) is 4.60. The number of carbonyl (C=O) groups is 1. The molecule has 0 unspecified atom stereocenters. The fourth-order valence-electron chi connectivity index (χ4n) is 4.21. The number of nitrogens with zero attached hydrogens (tertiary/aromatic N) is 4. The predicted molar refractivity (Wildman–Crippen MR) is 142 cm³/mol. The van der Waals surface area contributed by atoms with Gasteiger partial charge in [0.2, 0.25) is 0 Å². The van der Waals surface area contributed by atoms with Crippen molar-refractivity contribution in [1.29, 1.82) is 0 Å². The topological polar surface area (TPSA) is 73.5 Å². The molecule has 0 aliphatic heterocycles. The van der Waals surface area contributed by atoms with E-state index in [0.717, 1.165) is 39.4 Å². The Morgan fingerprint density at radius 3 is 2.67 bits per heavy atom. The van der Waals surface area contributed by atoms with Crippen LogP contribution in [-0.2, 0) is 0 Å². The Hall–Kier alpha value is -4.39. The molecule has 7 nitrogen and oxygen atoms in total. The Morgan fingerprint density at radius 1 is 1.03 bits per heavy atom. The molecule has 0 fully saturated rings. The minimum absolute atomic E-state index is 0.181. The van der Waals surface area contributed by atoms with Gasteiger partial charge in [0.05, 0.1) is 24.2 Å². The van der Waals surface area contributed by atoms with Gasteiger partial charge >= 0.3 is 0 Å². The lowest BCUT2D eigenvalue weighted by Crippen LogP contribution is -2.14. The summed E-state index contributed by atoms with van der Waals surface area (Å²) in [6, 6.07) is 17.3. The Morgan fingerprint density at radius 2 is 1.89 bits per heavy atom. The van der Waals surface area contributed by atoms with E-state index in [-0.39, 0.29) is 5.91 Å². The molecule has 2 aromatic carbocycles. The van der Waals surface area contributed by atoms with Crippen LogP contribution in [0.15, 0.2) is 79.4 Å². The lowest BCUT2D eigenvalue weighted by atomic mass is 10.1. The molecule has 0 atom stereocenters. The lowest BCUT2D eigenvalue weighted by molar-refractivity contribution is 0.102. The zero-order valence-electron chi connectivity index (χ0n) is 20.9. The molecule has 0 aliphatic rings. The van der Waals surface area contributed by atoms with Gasteiger partial charge < -0.3 is 10.1 Å². The van der Waals surface area contributed by atoms with Crippen molar-refractivity contribution in [3.8, 4) is 22.7 Å². The van der Waals surface area contributed by atoms with E-state index in [2.05, 4.69) is 51.3 Å². The molecule has 3 heterocycles. The van der Waals surface area contributed by atoms with Gasteiger partial charge in [-0.1, -0.05) is 26.0 Å². The molecule has 0 saturated heterocycles. The summed E-state index contributed by atoms with van der Waals surface area (Å²) in [5.41, 5.74) is 7.06. The van der Waals surface area contributed by atoms with E-state index < -0.39 is 0 Å². The normalized spacial score (nSPS) is 11.2. The lowest BCUT2D eigenvalue weighted by Gasteiger charge is -2.16. The van der Waals surface area contributed by atoms with Crippen molar-refractivity contribution in [2.75, 3.05) is 11.9 Å². The average molecular weight is 480 g/mol. The van der Waals surface area contributed by atoms with E-state index in [4.69, 9.17) is 4.74 Å². The van der Waals surface area contributed by atoms with Gasteiger partial charge in [-0.2, -0.15) is 0 Å². The maximum atomic E-state index is 13.2. The standard InChI is InChI=1S/C29H29N5O2/c1-19(2)18-36-24-9-5-7-22(14-24)29(35)32-25-15-26(21(4)13-20(25)3)33-12-10-28-31-17-27(34(28)33)23-8-6-11-30-16-23/h5-17,19H,18H2,1-4H3,(H,32,35). The molecule has 182 valence electrons. The van der Waals surface area contributed by atoms with E-state index in [9.17, 15) is 4.79 Å². The fourth-order valence-corrected chi connectivity index (χ4v) is 4.21. The Kier molecular flexibility index (Phi) is 6.29. The molecule has 5 rings (SSSR count). The van der Waals surface area contributed by atoms with Crippen molar-refractivity contribution in [1.82, 2.24) is 19.2 Å². The highest BCUT2D eigenvalue weighted by Crippen LogP contribution is 2.28. The maximum absolute atomic E-state index is 13.2. The largest absolute Gasteiger partial charge is 0.493 e. The Balaban J connectivity index is 1.49. The summed E-state index contributed by atoms with van der Waals surface area (Å²) in [6.07, 6.45) is 7.42. The monoisotopic (exact) mass is 479 g/mol. The summed E-state index contributed by atoms with van der Waals surface area (Å²) in [5.74, 6) is 0.917. The first kappa shape index (κ1) is 23.4. The number of pyridine rings is 1. The van der Waals surface area contributed by atoms with Crippen LogP contribution in [0.1, 0.15) is 35.3 Å². The highest BCUT2D eigenvalue weighted by Gasteiger charge is 2.16. The number of hydrogen-bond donors (Lipinski definition) is 1. The molecule has 5 aromatic rings. The van der Waals surface area contributed by atoms with Crippen LogP contribution in [0.4, 0.5) is 5.69 Å². The molecule has 3 aromatic heterocycles. The number of amides is 1. The summed E-state index contributed by atoms with van der Waals surface area (Å²) in [5, 5.41) is 3.09. The van der Waals surface area contributed by atoms with Crippen LogP contribution >= 0.6 is 0 Å². The average Bonchev–Trinajstić information content (AvgIpc) is 3.48. The van der Waals surface area contributed by atoms with Crippen LogP contribution in [0.3, 0.4) is 0 Å². The van der Waals surface area contributed by atoms with E-state index in [1.54, 1.807) is 18.3 Å². The predicted octanol–water partition coefficient (Wildman–Crippen LogP) is 6.09. The van der Waals surface area contributed by atoms with Gasteiger partial charge in [-0.05, 0) is 67.3 Å². The van der Waals surface area contributed by atoms with Crippen molar-refractivity contribution in [2.24, 2.45) is 5.92 Å². The number of aryl methyl sites for hydroxylation is 2. The highest BCUT2D eigenvalue weighted by molar-refractivity contribution is 6.05. The van der Waals surface area contributed by atoms with Gasteiger partial charge in [0.1, 0.15) is 5.75 Å². The van der Waals surface area contributed by atoms with Gasteiger partial charge in [0.25, 0.3) is 5.91 Å². The van der Waals surface area contributed by atoms with Crippen LogP contribution < -0.4 is 10.1 Å². The van der Waals surface area contributed by atoms with E-state index in [1.165, 1.54) is 0 Å². The number of aromatic nitrogens is 4. The third-order valence-electron chi connectivity index (χ3n) is 6.02. The van der Waals surface area contributed by atoms with E-state index in [1.807, 2.05) is 61.9 Å². The summed E-state index contributed by atoms with van der Waals surface area (Å²) in [7, 11) is 0. The second-order valence-corrected chi connectivity index (χ2v) is 9.36. The van der Waals surface area contributed by atoms with Crippen molar-refractivity contribution < 1.29 is 9.53 Å². The third-order valence-corrected chi connectivity index (χ3v) is 6.02. The Bertz CT molecular complexity index is 1530. The summed E-state index contributed by atoms with van der Waals surface area (Å²) in [6.45, 7) is 8.85. The molecule has 0 bridgehead atoms. The second kappa shape index (κ2) is 9.70. The molecule has 0 saturated carbocycles. The number of ether oxygens (including phenoxy) is 1. The molecular formula is C29H29N5O2. The zero-order valence-corrected chi connectivity index (χ0v) is 20.9. The van der Waals surface area contributed by atoms with Crippen LogP contribution in [0.5, 0.6) is 5.75 Å². The summed E-state index contributed by atoms with van der Waals surface area (Å²) in [4.78, 5) is 22.0. The second-order valence-electron chi connectivity index (χ2n) is 9.36. The van der Waals surface area contributed by atoms with Crippen molar-refractivity contribution >= 4 is 17.2 Å². The number of benzene rings is 2. The van der Waals surface area contributed by atoms with Gasteiger partial charge in [-0.3, -0.25) is 14.5 Å². The molecule has 0 radical (unpaired) electrons. The SMILES string of the molecule is Cc1cc(C)c(-n2ccc3ncc(-c4cccnc4)n32)cc1NC(=O)c1cccc(OCC(C)C)c1. The number of imidazole rings is 1. The van der Waals surface area contributed by atoms with Gasteiger partial charge in [-0.25, -0.2) is 9.50 Å². The molecule has 1 N–H and O–H groups in total. The highest BCUT2D eigenvalue weighted by atomic mass is 16.5. The molecule has 36 heavy (non-hydrogen) atoms. The first-order valence-corrected chi connectivity index (χ1v) is 12.0. The summed E-state index contributed by atoms with van der Waals surface area (Å²) < 4.78 is 9.90. The quantitative estimate of drug-likeness (QED) is 0.307. The molecule has 7 heteroatoms.